The van der Waals surface area contributed by atoms with Gasteiger partial charge in [0.15, 0.2) is 0 Å². The lowest BCUT2D eigenvalue weighted by Crippen LogP contribution is -2.61. The van der Waals surface area contributed by atoms with Gasteiger partial charge in [0, 0.05) is 43.0 Å². The van der Waals surface area contributed by atoms with Crippen LogP contribution in [0.2, 0.25) is 0 Å². The van der Waals surface area contributed by atoms with Crippen LogP contribution in [0.25, 0.3) is 10.1 Å². The number of nitrogens with zero attached hydrogens (tertiary/aromatic N) is 3. The Balaban J connectivity index is 1.36. The van der Waals surface area contributed by atoms with Gasteiger partial charge < -0.3 is 4.90 Å². The zero-order valence-corrected chi connectivity index (χ0v) is 41.6. The molecule has 10 rings (SSSR count). The van der Waals surface area contributed by atoms with Gasteiger partial charge in [-0.1, -0.05) is 148 Å². The number of thiophene rings is 1. The van der Waals surface area contributed by atoms with Crippen molar-refractivity contribution < 1.29 is 0 Å². The smallest absolute Gasteiger partial charge is 0.266 e. The van der Waals surface area contributed by atoms with Crippen molar-refractivity contribution in [1.82, 2.24) is 4.98 Å². The molecule has 0 unspecified atom stereocenters. The van der Waals surface area contributed by atoms with Crippen LogP contribution < -0.4 is 25.5 Å². The molecule has 6 aromatic rings. The number of anilines is 6. The van der Waals surface area contributed by atoms with Crippen LogP contribution in [0.5, 0.6) is 0 Å². The minimum Gasteiger partial charge on any atom is -0.310 e. The fraction of sp³-hybridized carbons (Fsp3) is 0.456. The molecule has 4 aromatic carbocycles. The van der Waals surface area contributed by atoms with Gasteiger partial charge in [-0.3, -0.25) is 4.90 Å². The van der Waals surface area contributed by atoms with Gasteiger partial charge in [-0.15, -0.1) is 11.3 Å². The van der Waals surface area contributed by atoms with Crippen LogP contribution in [0.1, 0.15) is 170 Å². The van der Waals surface area contributed by atoms with E-state index in [1.54, 1.807) is 0 Å². The molecule has 0 bridgehead atoms. The number of aromatic nitrogens is 1. The molecule has 3 nitrogen and oxygen atoms in total. The Labute approximate surface area is 377 Å². The van der Waals surface area contributed by atoms with Crippen molar-refractivity contribution in [2.75, 3.05) is 9.80 Å². The summed E-state index contributed by atoms with van der Waals surface area (Å²) in [5.74, 6) is 1.07. The second-order valence-electron chi connectivity index (χ2n) is 25.3. The van der Waals surface area contributed by atoms with Crippen LogP contribution in [-0.2, 0) is 37.9 Å². The fourth-order valence-corrected chi connectivity index (χ4v) is 13.7. The van der Waals surface area contributed by atoms with Crippen molar-refractivity contribution in [3.63, 3.8) is 0 Å². The summed E-state index contributed by atoms with van der Waals surface area (Å²) >= 11 is 1.99. The highest BCUT2D eigenvalue weighted by atomic mass is 32.1. The van der Waals surface area contributed by atoms with Crippen molar-refractivity contribution in [2.45, 2.75) is 168 Å². The van der Waals surface area contributed by atoms with Crippen molar-refractivity contribution in [3.8, 4) is 0 Å². The minimum atomic E-state index is -0.195. The van der Waals surface area contributed by atoms with Gasteiger partial charge in [-0.2, -0.15) is 0 Å². The summed E-state index contributed by atoms with van der Waals surface area (Å²) in [5.41, 5.74) is 18.9. The molecule has 0 atom stereocenters. The van der Waals surface area contributed by atoms with Gasteiger partial charge in [-0.05, 0) is 138 Å². The molecule has 5 heteroatoms. The van der Waals surface area contributed by atoms with Gasteiger partial charge in [0.2, 0.25) is 0 Å². The summed E-state index contributed by atoms with van der Waals surface area (Å²) in [4.78, 5) is 11.1. The maximum atomic E-state index is 5.90. The van der Waals surface area contributed by atoms with Gasteiger partial charge in [0.25, 0.3) is 6.71 Å². The first kappa shape index (κ1) is 41.7. The summed E-state index contributed by atoms with van der Waals surface area (Å²) in [7, 11) is 0. The quantitative estimate of drug-likeness (QED) is 0.162. The number of benzene rings is 4. The Kier molecular flexibility index (Phi) is 8.52. The molecule has 0 fully saturated rings. The summed E-state index contributed by atoms with van der Waals surface area (Å²) in [6.07, 6.45) is 2.26. The van der Waals surface area contributed by atoms with Gasteiger partial charge >= 0.3 is 0 Å². The first-order chi connectivity index (χ1) is 28.6. The van der Waals surface area contributed by atoms with E-state index in [2.05, 4.69) is 206 Å². The zero-order valence-electron chi connectivity index (χ0n) is 40.7. The Morgan fingerprint density at radius 1 is 0.532 bits per heavy atom. The van der Waals surface area contributed by atoms with Crippen LogP contribution >= 0.6 is 11.3 Å². The number of fused-ring (bicyclic) bond motifs is 8. The Morgan fingerprint density at radius 2 is 1.08 bits per heavy atom. The van der Waals surface area contributed by atoms with Gasteiger partial charge in [0.1, 0.15) is 5.82 Å². The van der Waals surface area contributed by atoms with Gasteiger partial charge in [-0.25, -0.2) is 4.98 Å². The summed E-state index contributed by atoms with van der Waals surface area (Å²) in [5, 5.41) is 1.34. The monoisotopic (exact) mass is 838 g/mol. The molecule has 4 aliphatic rings. The molecule has 0 spiro atoms. The summed E-state index contributed by atoms with van der Waals surface area (Å²) < 4.78 is 2.76. The molecular formula is C57H68BN3S. The summed E-state index contributed by atoms with van der Waals surface area (Å²) in [6.45, 7) is 40.6. The maximum Gasteiger partial charge on any atom is 0.266 e. The maximum absolute atomic E-state index is 5.90. The zero-order chi connectivity index (χ0) is 44.6. The molecule has 4 heterocycles. The predicted octanol–water partition coefficient (Wildman–Crippen LogP) is 14.2. The minimum absolute atomic E-state index is 0.0157. The molecule has 0 radical (unpaired) electrons. The summed E-state index contributed by atoms with van der Waals surface area (Å²) in [6, 6.07) is 31.9. The molecule has 320 valence electrons. The highest BCUT2D eigenvalue weighted by Gasteiger charge is 2.51. The molecule has 62 heavy (non-hydrogen) atoms. The highest BCUT2D eigenvalue weighted by Crippen LogP contribution is 2.55. The Morgan fingerprint density at radius 3 is 1.68 bits per heavy atom. The second-order valence-corrected chi connectivity index (χ2v) is 26.3. The van der Waals surface area contributed by atoms with E-state index in [0.29, 0.717) is 0 Å². The van der Waals surface area contributed by atoms with E-state index in [-0.39, 0.29) is 44.6 Å². The molecule has 0 N–H and O–H groups in total. The largest absolute Gasteiger partial charge is 0.310 e. The standard InChI is InChI=1S/C57H68BN3S/c1-51(2,3)33-18-21-35(22-19-33)60-44-30-46(53(7,8)9)59-50-47(44)58(49-48(60)37-26-34(52(4,5)6)20-25-45(37)62-49)42-28-40-41(57(16,17)32-56(40,14)15)29-43(42)61(50)36-23-24-38-39(27-36)55(12,13)31-54(38,10)11/h18-30H,31-32H2,1-17H3. The van der Waals surface area contributed by atoms with Crippen LogP contribution in [0.3, 0.4) is 0 Å². The lowest BCUT2D eigenvalue weighted by atomic mass is 9.36. The molecule has 2 aliphatic heterocycles. The SMILES string of the molecule is CC(C)(C)c1ccc(N2c3cc(C(C)(C)C)nc4c3B(c3cc5c(cc3N4c3ccc4c(c3)C(C)(C)CC4(C)C)C(C)(C)CC5(C)C)c3sc4ccc(C(C)(C)C)cc4c32)cc1. The number of hydrogen-bond donors (Lipinski definition) is 0. The number of rotatable bonds is 2. The first-order valence-corrected chi connectivity index (χ1v) is 24.1. The topological polar surface area (TPSA) is 19.4 Å². The van der Waals surface area contributed by atoms with Crippen molar-refractivity contribution >= 4 is 78.1 Å². The predicted molar refractivity (Wildman–Crippen MR) is 271 cm³/mol. The van der Waals surface area contributed by atoms with Crippen LogP contribution in [0.4, 0.5) is 34.3 Å². The van der Waals surface area contributed by atoms with E-state index < -0.39 is 0 Å². The van der Waals surface area contributed by atoms with E-state index in [4.69, 9.17) is 4.98 Å². The molecule has 0 saturated heterocycles. The third kappa shape index (κ3) is 6.06. The normalized spacial score (nSPS) is 19.0. The number of pyridine rings is 1. The van der Waals surface area contributed by atoms with E-state index in [9.17, 15) is 0 Å². The molecule has 2 aliphatic carbocycles. The molecular weight excluding hydrogens is 770 g/mol. The lowest BCUT2D eigenvalue weighted by Gasteiger charge is -2.44. The Bertz CT molecular complexity index is 2870. The highest BCUT2D eigenvalue weighted by molar-refractivity contribution is 7.33. The third-order valence-electron chi connectivity index (χ3n) is 15.2. The van der Waals surface area contributed by atoms with Crippen molar-refractivity contribution in [2.24, 2.45) is 0 Å². The Hall–Kier alpha value is -4.35. The van der Waals surface area contributed by atoms with E-state index in [1.807, 2.05) is 11.3 Å². The molecule has 0 saturated carbocycles. The lowest BCUT2D eigenvalue weighted by molar-refractivity contribution is 0.403. The fourth-order valence-electron chi connectivity index (χ4n) is 12.4. The average molecular weight is 838 g/mol. The van der Waals surface area contributed by atoms with E-state index in [1.165, 1.54) is 87.6 Å². The number of hydrogen-bond acceptors (Lipinski definition) is 4. The average Bonchev–Trinajstić information content (AvgIpc) is 3.68. The van der Waals surface area contributed by atoms with E-state index in [0.717, 1.165) is 24.4 Å². The molecule has 2 aromatic heterocycles. The van der Waals surface area contributed by atoms with Gasteiger partial charge in [0.05, 0.1) is 11.4 Å². The first-order valence-electron chi connectivity index (χ1n) is 23.3. The van der Waals surface area contributed by atoms with E-state index >= 15 is 0 Å². The third-order valence-corrected chi connectivity index (χ3v) is 16.4. The molecule has 0 amide bonds. The van der Waals surface area contributed by atoms with Crippen molar-refractivity contribution in [3.05, 3.63) is 118 Å². The second kappa shape index (κ2) is 12.7. The van der Waals surface area contributed by atoms with Crippen molar-refractivity contribution in [1.29, 1.82) is 0 Å². The van der Waals surface area contributed by atoms with Crippen LogP contribution in [-0.4, -0.2) is 11.7 Å². The van der Waals surface area contributed by atoms with Crippen LogP contribution in [0.15, 0.2) is 78.9 Å². The van der Waals surface area contributed by atoms with Crippen LogP contribution in [0, 0.1) is 0 Å².